The van der Waals surface area contributed by atoms with E-state index in [1.54, 1.807) is 32.0 Å². The third kappa shape index (κ3) is 4.37. The minimum atomic E-state index is -1.00. The number of fused-ring (bicyclic) bond motifs is 1. The van der Waals surface area contributed by atoms with Gasteiger partial charge in [-0.3, -0.25) is 10.1 Å². The Kier molecular flexibility index (Phi) is 5.43. The Labute approximate surface area is 143 Å². The maximum Gasteiger partial charge on any atom is 0.342 e. The second-order valence-electron chi connectivity index (χ2n) is 5.59. The number of hydrogen-bond donors (Lipinski definition) is 4. The predicted octanol–water partition coefficient (Wildman–Crippen LogP) is 1.64. The van der Waals surface area contributed by atoms with E-state index >= 15 is 0 Å². The fourth-order valence-corrected chi connectivity index (χ4v) is 2.17. The Morgan fingerprint density at radius 1 is 1.12 bits per heavy atom. The number of amides is 3. The molecule has 0 aromatic heterocycles. The maximum absolute atomic E-state index is 12.1. The highest BCUT2D eigenvalue weighted by Crippen LogP contribution is 2.35. The van der Waals surface area contributed by atoms with Crippen LogP contribution in [-0.4, -0.2) is 40.8 Å². The van der Waals surface area contributed by atoms with Crippen molar-refractivity contribution in [2.45, 2.75) is 19.9 Å². The van der Waals surface area contributed by atoms with Crippen LogP contribution in [0.3, 0.4) is 0 Å². The van der Waals surface area contributed by atoms with E-state index in [1.165, 1.54) is 6.07 Å². The van der Waals surface area contributed by atoms with Crippen molar-refractivity contribution < 1.29 is 29.3 Å². The molecular weight excluding hydrogens is 328 g/mol. The van der Waals surface area contributed by atoms with E-state index in [4.69, 9.17) is 4.74 Å². The van der Waals surface area contributed by atoms with Crippen molar-refractivity contribution in [1.82, 2.24) is 10.6 Å². The molecule has 132 valence electrons. The van der Waals surface area contributed by atoms with Crippen LogP contribution >= 0.6 is 0 Å². The predicted molar refractivity (Wildman–Crippen MR) is 89.4 cm³/mol. The Hall–Kier alpha value is -3.29. The van der Waals surface area contributed by atoms with E-state index in [2.05, 4.69) is 5.32 Å². The van der Waals surface area contributed by atoms with Crippen LogP contribution < -0.4 is 10.6 Å². The van der Waals surface area contributed by atoms with Gasteiger partial charge in [-0.2, -0.15) is 0 Å². The molecule has 25 heavy (non-hydrogen) atoms. The SMILES string of the molecule is CC(C)NC(=O)NC(=O)COC(=O)c1cc(O)c2ccccc2c1O. The lowest BCUT2D eigenvalue weighted by Crippen LogP contribution is -2.44. The summed E-state index contributed by atoms with van der Waals surface area (Å²) >= 11 is 0. The van der Waals surface area contributed by atoms with Crippen molar-refractivity contribution >= 4 is 28.7 Å². The zero-order chi connectivity index (χ0) is 18.6. The van der Waals surface area contributed by atoms with E-state index in [1.807, 2.05) is 5.32 Å². The second-order valence-corrected chi connectivity index (χ2v) is 5.59. The summed E-state index contributed by atoms with van der Waals surface area (Å²) in [5.74, 6) is -2.40. The molecule has 4 N–H and O–H groups in total. The van der Waals surface area contributed by atoms with Crippen LogP contribution in [0.2, 0.25) is 0 Å². The standard InChI is InChI=1S/C17H18N2O6/c1-9(2)18-17(24)19-14(21)8-25-16(23)12-7-13(20)10-5-3-4-6-11(10)15(12)22/h3-7,9,20,22H,8H2,1-2H3,(H2,18,19,21,24). The molecule has 0 unspecified atom stereocenters. The van der Waals surface area contributed by atoms with Crippen LogP contribution in [0.5, 0.6) is 11.5 Å². The summed E-state index contributed by atoms with van der Waals surface area (Å²) in [6.07, 6.45) is 0. The molecule has 2 rings (SSSR count). The Morgan fingerprint density at radius 2 is 1.76 bits per heavy atom. The monoisotopic (exact) mass is 346 g/mol. The fraction of sp³-hybridized carbons (Fsp3) is 0.235. The van der Waals surface area contributed by atoms with Crippen LogP contribution in [0.15, 0.2) is 30.3 Å². The van der Waals surface area contributed by atoms with Gasteiger partial charge in [0, 0.05) is 16.8 Å². The summed E-state index contributed by atoms with van der Waals surface area (Å²) in [5, 5.41) is 25.2. The lowest BCUT2D eigenvalue weighted by molar-refractivity contribution is -0.123. The number of urea groups is 1. The normalized spacial score (nSPS) is 10.5. The van der Waals surface area contributed by atoms with Gasteiger partial charge in [0.2, 0.25) is 0 Å². The first kappa shape index (κ1) is 18.1. The second kappa shape index (κ2) is 7.52. The number of carbonyl (C=O) groups excluding carboxylic acids is 3. The number of hydrogen-bond acceptors (Lipinski definition) is 6. The third-order valence-electron chi connectivity index (χ3n) is 3.22. The minimum Gasteiger partial charge on any atom is -0.507 e. The zero-order valence-electron chi connectivity index (χ0n) is 13.7. The molecule has 0 spiro atoms. The Morgan fingerprint density at radius 3 is 2.40 bits per heavy atom. The third-order valence-corrected chi connectivity index (χ3v) is 3.22. The summed E-state index contributed by atoms with van der Waals surface area (Å²) in [6, 6.07) is 6.62. The molecule has 0 aliphatic rings. The molecule has 0 aliphatic heterocycles. The number of carbonyl (C=O) groups is 3. The number of aromatic hydroxyl groups is 2. The van der Waals surface area contributed by atoms with Gasteiger partial charge in [-0.15, -0.1) is 0 Å². The zero-order valence-corrected chi connectivity index (χ0v) is 13.7. The lowest BCUT2D eigenvalue weighted by Gasteiger charge is -2.11. The van der Waals surface area contributed by atoms with Crippen molar-refractivity contribution in [2.75, 3.05) is 6.61 Å². The molecule has 0 saturated heterocycles. The highest BCUT2D eigenvalue weighted by Gasteiger charge is 2.19. The lowest BCUT2D eigenvalue weighted by atomic mass is 10.0. The summed E-state index contributed by atoms with van der Waals surface area (Å²) in [7, 11) is 0. The van der Waals surface area contributed by atoms with E-state index in [0.717, 1.165) is 6.07 Å². The van der Waals surface area contributed by atoms with Crippen LogP contribution in [0.1, 0.15) is 24.2 Å². The number of ether oxygens (including phenoxy) is 1. The summed E-state index contributed by atoms with van der Waals surface area (Å²) in [6.45, 7) is 2.73. The molecule has 3 amide bonds. The summed E-state index contributed by atoms with van der Waals surface area (Å²) in [5.41, 5.74) is -0.282. The van der Waals surface area contributed by atoms with Gasteiger partial charge in [0.15, 0.2) is 6.61 Å². The van der Waals surface area contributed by atoms with Gasteiger partial charge in [-0.25, -0.2) is 9.59 Å². The Bertz CT molecular complexity index is 831. The number of phenols is 2. The van der Waals surface area contributed by atoms with E-state index in [-0.39, 0.29) is 28.5 Å². The number of imide groups is 1. The van der Waals surface area contributed by atoms with Gasteiger partial charge in [0.1, 0.15) is 17.1 Å². The summed E-state index contributed by atoms with van der Waals surface area (Å²) < 4.78 is 4.78. The van der Waals surface area contributed by atoms with Crippen LogP contribution in [0.4, 0.5) is 4.79 Å². The van der Waals surface area contributed by atoms with E-state index < -0.39 is 24.5 Å². The van der Waals surface area contributed by atoms with Gasteiger partial charge in [-0.05, 0) is 19.9 Å². The average Bonchev–Trinajstić information content (AvgIpc) is 2.55. The topological polar surface area (TPSA) is 125 Å². The first-order chi connectivity index (χ1) is 11.8. The first-order valence-electron chi connectivity index (χ1n) is 7.50. The van der Waals surface area contributed by atoms with Gasteiger partial charge in [0.25, 0.3) is 5.91 Å². The molecule has 0 atom stereocenters. The highest BCUT2D eigenvalue weighted by molar-refractivity contribution is 6.04. The molecule has 0 heterocycles. The van der Waals surface area contributed by atoms with Crippen molar-refractivity contribution in [3.8, 4) is 11.5 Å². The molecule has 8 heteroatoms. The number of rotatable bonds is 4. The quantitative estimate of drug-likeness (QED) is 0.493. The molecule has 0 saturated carbocycles. The molecule has 2 aromatic carbocycles. The van der Waals surface area contributed by atoms with Crippen LogP contribution in [0, 0.1) is 0 Å². The van der Waals surface area contributed by atoms with Gasteiger partial charge in [0.05, 0.1) is 0 Å². The molecule has 0 bridgehead atoms. The largest absolute Gasteiger partial charge is 0.507 e. The maximum atomic E-state index is 12.1. The number of esters is 1. The molecule has 0 aliphatic carbocycles. The molecule has 0 fully saturated rings. The average molecular weight is 346 g/mol. The van der Waals surface area contributed by atoms with Gasteiger partial charge < -0.3 is 20.3 Å². The van der Waals surface area contributed by atoms with Crippen molar-refractivity contribution in [2.24, 2.45) is 0 Å². The first-order valence-corrected chi connectivity index (χ1v) is 7.50. The molecular formula is C17H18N2O6. The smallest absolute Gasteiger partial charge is 0.342 e. The Balaban J connectivity index is 2.06. The van der Waals surface area contributed by atoms with Crippen LogP contribution in [0.25, 0.3) is 10.8 Å². The number of nitrogens with one attached hydrogen (secondary N) is 2. The van der Waals surface area contributed by atoms with E-state index in [0.29, 0.717) is 5.39 Å². The number of benzene rings is 2. The summed E-state index contributed by atoms with van der Waals surface area (Å²) in [4.78, 5) is 35.0. The minimum absolute atomic E-state index is 0.159. The van der Waals surface area contributed by atoms with Crippen molar-refractivity contribution in [3.05, 3.63) is 35.9 Å². The van der Waals surface area contributed by atoms with E-state index in [9.17, 15) is 24.6 Å². The number of phenolic OH excluding ortho intramolecular Hbond substituents is 2. The van der Waals surface area contributed by atoms with Crippen molar-refractivity contribution in [1.29, 1.82) is 0 Å². The van der Waals surface area contributed by atoms with Crippen LogP contribution in [-0.2, 0) is 9.53 Å². The fourth-order valence-electron chi connectivity index (χ4n) is 2.17. The van der Waals surface area contributed by atoms with Gasteiger partial charge >= 0.3 is 12.0 Å². The highest BCUT2D eigenvalue weighted by atomic mass is 16.5. The van der Waals surface area contributed by atoms with Gasteiger partial charge in [-0.1, -0.05) is 24.3 Å². The molecule has 2 aromatic rings. The van der Waals surface area contributed by atoms with Crippen molar-refractivity contribution in [3.63, 3.8) is 0 Å². The molecule has 8 nitrogen and oxygen atoms in total. The molecule has 0 radical (unpaired) electrons.